The number of H-pyrrole nitrogens is 1. The highest BCUT2D eigenvalue weighted by Gasteiger charge is 2.12. The van der Waals surface area contributed by atoms with E-state index in [0.29, 0.717) is 5.69 Å². The van der Waals surface area contributed by atoms with Crippen LogP contribution in [-0.2, 0) is 0 Å². The van der Waals surface area contributed by atoms with Gasteiger partial charge in [-0.2, -0.15) is 5.10 Å². The monoisotopic (exact) mass is 171 g/mol. The Kier molecular flexibility index (Phi) is 3.82. The Morgan fingerprint density at radius 2 is 2.08 bits per heavy atom. The van der Waals surface area contributed by atoms with Gasteiger partial charge < -0.3 is 10.8 Å². The summed E-state index contributed by atoms with van der Waals surface area (Å²) in [6.45, 7) is 5.66. The molecule has 0 aliphatic rings. The van der Waals surface area contributed by atoms with E-state index in [-0.39, 0.29) is 11.4 Å². The number of rotatable bonds is 1. The highest BCUT2D eigenvalue weighted by molar-refractivity contribution is 5.91. The molecule has 12 heavy (non-hydrogen) atoms. The number of aryl methyl sites for hydroxylation is 1. The number of hydrogen-bond acceptors (Lipinski definition) is 3. The summed E-state index contributed by atoms with van der Waals surface area (Å²) < 4.78 is 0. The summed E-state index contributed by atoms with van der Waals surface area (Å²) in [5.41, 5.74) is 6.00. The Hall–Kier alpha value is -1.52. The van der Waals surface area contributed by atoms with Gasteiger partial charge in [0.1, 0.15) is 0 Å². The van der Waals surface area contributed by atoms with Crippen LogP contribution in [0.5, 0.6) is 0 Å². The predicted octanol–water partition coefficient (Wildman–Crippen LogP) is 1.02. The number of nitrogens with two attached hydrogens (primary N) is 1. The average Bonchev–Trinajstić information content (AvgIpc) is 2.37. The molecule has 1 rings (SSSR count). The summed E-state index contributed by atoms with van der Waals surface area (Å²) >= 11 is 0. The quantitative estimate of drug-likeness (QED) is 0.588. The summed E-state index contributed by atoms with van der Waals surface area (Å²) in [6, 6.07) is 0. The molecule has 1 aromatic rings. The zero-order valence-corrected chi connectivity index (χ0v) is 7.38. The molecule has 1 heterocycles. The number of aromatic nitrogens is 2. The fraction of sp³-hybridized carbons (Fsp3) is 0.429. The molecule has 0 unspecified atom stereocenters. The molecule has 0 bridgehead atoms. The molecule has 0 saturated heterocycles. The molecule has 0 saturated carbocycles. The number of carboxylic acids is 1. The summed E-state index contributed by atoms with van der Waals surface area (Å²) in [7, 11) is 0. The fourth-order valence-electron chi connectivity index (χ4n) is 0.601. The number of aromatic carboxylic acids is 1. The third kappa shape index (κ3) is 1.98. The van der Waals surface area contributed by atoms with Crippen molar-refractivity contribution in [3.8, 4) is 0 Å². The van der Waals surface area contributed by atoms with E-state index in [0.717, 1.165) is 0 Å². The smallest absolute Gasteiger partial charge is 0.358 e. The normalized spacial score (nSPS) is 8.58. The third-order valence-electron chi connectivity index (χ3n) is 1.20. The van der Waals surface area contributed by atoms with Gasteiger partial charge in [0.2, 0.25) is 0 Å². The number of carboxylic acid groups (broad SMARTS) is 1. The van der Waals surface area contributed by atoms with Gasteiger partial charge in [-0.15, -0.1) is 0 Å². The van der Waals surface area contributed by atoms with Crippen LogP contribution in [0.4, 0.5) is 5.69 Å². The van der Waals surface area contributed by atoms with Gasteiger partial charge in [-0.1, -0.05) is 13.8 Å². The molecule has 0 fully saturated rings. The van der Waals surface area contributed by atoms with Crippen molar-refractivity contribution in [3.63, 3.8) is 0 Å². The van der Waals surface area contributed by atoms with Gasteiger partial charge in [-0.25, -0.2) is 4.79 Å². The molecule has 0 aliphatic heterocycles. The van der Waals surface area contributed by atoms with Crippen molar-refractivity contribution in [2.45, 2.75) is 20.8 Å². The Morgan fingerprint density at radius 1 is 1.58 bits per heavy atom. The van der Waals surface area contributed by atoms with Crippen LogP contribution in [-0.4, -0.2) is 21.3 Å². The van der Waals surface area contributed by atoms with Crippen molar-refractivity contribution >= 4 is 11.7 Å². The Bertz CT molecular complexity index is 268. The fourth-order valence-corrected chi connectivity index (χ4v) is 0.601. The molecule has 0 spiro atoms. The first-order valence-corrected chi connectivity index (χ1v) is 3.66. The van der Waals surface area contributed by atoms with Crippen LogP contribution in [0, 0.1) is 6.92 Å². The number of aromatic amines is 1. The minimum Gasteiger partial charge on any atom is -0.476 e. The number of nitrogen functional groups attached to an aromatic ring is 1. The molecule has 0 amide bonds. The molecule has 0 atom stereocenters. The van der Waals surface area contributed by atoms with Crippen LogP contribution in [0.15, 0.2) is 0 Å². The van der Waals surface area contributed by atoms with Crippen LogP contribution >= 0.6 is 0 Å². The predicted molar refractivity (Wildman–Crippen MR) is 46.0 cm³/mol. The molecule has 4 N–H and O–H groups in total. The third-order valence-corrected chi connectivity index (χ3v) is 1.20. The highest BCUT2D eigenvalue weighted by Crippen LogP contribution is 2.11. The zero-order chi connectivity index (χ0) is 9.72. The van der Waals surface area contributed by atoms with Gasteiger partial charge >= 0.3 is 5.97 Å². The summed E-state index contributed by atoms with van der Waals surface area (Å²) in [5.74, 6) is -1.11. The minimum atomic E-state index is -1.11. The van der Waals surface area contributed by atoms with Crippen LogP contribution in [0.1, 0.15) is 30.0 Å². The second-order valence-corrected chi connectivity index (χ2v) is 1.92. The van der Waals surface area contributed by atoms with E-state index in [1.807, 2.05) is 13.8 Å². The Labute approximate surface area is 70.6 Å². The van der Waals surface area contributed by atoms with Gasteiger partial charge in [-0.05, 0) is 6.92 Å². The Morgan fingerprint density at radius 3 is 2.25 bits per heavy atom. The maximum atomic E-state index is 10.3. The summed E-state index contributed by atoms with van der Waals surface area (Å²) in [5, 5.41) is 14.3. The average molecular weight is 171 g/mol. The van der Waals surface area contributed by atoms with Crippen molar-refractivity contribution in [2.24, 2.45) is 0 Å². The van der Waals surface area contributed by atoms with Crippen molar-refractivity contribution in [3.05, 3.63) is 11.4 Å². The largest absolute Gasteiger partial charge is 0.476 e. The second-order valence-electron chi connectivity index (χ2n) is 1.92. The lowest BCUT2D eigenvalue weighted by atomic mass is 10.3. The van der Waals surface area contributed by atoms with E-state index in [2.05, 4.69) is 10.2 Å². The van der Waals surface area contributed by atoms with E-state index in [9.17, 15) is 4.79 Å². The first-order valence-electron chi connectivity index (χ1n) is 3.66. The van der Waals surface area contributed by atoms with E-state index in [1.165, 1.54) is 0 Å². The van der Waals surface area contributed by atoms with Crippen molar-refractivity contribution < 1.29 is 9.90 Å². The molecule has 5 heteroatoms. The highest BCUT2D eigenvalue weighted by atomic mass is 16.4. The lowest BCUT2D eigenvalue weighted by Gasteiger charge is -1.87. The van der Waals surface area contributed by atoms with Gasteiger partial charge in [0, 0.05) is 0 Å². The first-order chi connectivity index (χ1) is 5.63. The van der Waals surface area contributed by atoms with Crippen molar-refractivity contribution in [1.82, 2.24) is 10.2 Å². The van der Waals surface area contributed by atoms with Crippen molar-refractivity contribution in [1.29, 1.82) is 0 Å². The molecule has 5 nitrogen and oxygen atoms in total. The topological polar surface area (TPSA) is 92.0 Å². The standard InChI is InChI=1S/C5H7N3O2.C2H6/c1-2-3(6)4(5(9)10)8-7-2;1-2/h6H2,1H3,(H,7,8)(H,9,10);1-2H3. The summed E-state index contributed by atoms with van der Waals surface area (Å²) in [6.07, 6.45) is 0. The second kappa shape index (κ2) is 4.38. The minimum absolute atomic E-state index is 0.113. The number of hydrogen-bond donors (Lipinski definition) is 3. The van der Waals surface area contributed by atoms with Crippen LogP contribution in [0.2, 0.25) is 0 Å². The van der Waals surface area contributed by atoms with E-state index >= 15 is 0 Å². The SMILES string of the molecule is CC.Cc1[nH]nc(C(=O)O)c1N. The van der Waals surface area contributed by atoms with Gasteiger partial charge in [0.05, 0.1) is 11.4 Å². The maximum absolute atomic E-state index is 10.3. The lowest BCUT2D eigenvalue weighted by Crippen LogP contribution is -2.01. The van der Waals surface area contributed by atoms with Crippen LogP contribution in [0.3, 0.4) is 0 Å². The number of nitrogens with one attached hydrogen (secondary N) is 1. The van der Waals surface area contributed by atoms with E-state index in [4.69, 9.17) is 10.8 Å². The number of nitrogens with zero attached hydrogens (tertiary/aromatic N) is 1. The van der Waals surface area contributed by atoms with Crippen LogP contribution in [0.25, 0.3) is 0 Å². The maximum Gasteiger partial charge on any atom is 0.358 e. The first kappa shape index (κ1) is 10.5. The summed E-state index contributed by atoms with van der Waals surface area (Å²) in [4.78, 5) is 10.3. The Balaban J connectivity index is 0.000000561. The molecule has 68 valence electrons. The zero-order valence-electron chi connectivity index (χ0n) is 7.38. The van der Waals surface area contributed by atoms with Gasteiger partial charge in [0.15, 0.2) is 5.69 Å². The van der Waals surface area contributed by atoms with Crippen molar-refractivity contribution in [2.75, 3.05) is 5.73 Å². The van der Waals surface area contributed by atoms with Gasteiger partial charge in [-0.3, -0.25) is 5.10 Å². The lowest BCUT2D eigenvalue weighted by molar-refractivity contribution is 0.0691. The number of anilines is 1. The molecule has 0 aliphatic carbocycles. The van der Waals surface area contributed by atoms with Gasteiger partial charge in [0.25, 0.3) is 0 Å². The molecule has 1 aromatic heterocycles. The molecular formula is C7H13N3O2. The molecule has 0 aromatic carbocycles. The van der Waals surface area contributed by atoms with E-state index < -0.39 is 5.97 Å². The molecular weight excluding hydrogens is 158 g/mol. The molecule has 0 radical (unpaired) electrons. The number of carbonyl (C=O) groups is 1. The van der Waals surface area contributed by atoms with E-state index in [1.54, 1.807) is 6.92 Å². The van der Waals surface area contributed by atoms with Crippen LogP contribution < -0.4 is 5.73 Å².